The standard InChI is InChI=1S/C32H25N2.C6H5NO2.Ir/c1-3-9-23(10-4-1)25-15-19-27(20-16-25)31-32(34-30-14-8-7-13-29(30)33-31)28-21-17-26(18-22-28)24-11-5-2-6-12-24;8-6(9)5-3-1-2-4-7-5;/h1-6,9-12,15-21H,7-8,13-14H2;1-4H,(H,8,9);/q-1;;. The molecule has 1 N–H and O–H groups in total. The van der Waals surface area contributed by atoms with E-state index in [1.165, 1.54) is 41.8 Å². The fraction of sp³-hybridized carbons (Fsp3) is 0.105. The summed E-state index contributed by atoms with van der Waals surface area (Å²) in [6, 6.07) is 44.2. The van der Waals surface area contributed by atoms with Crippen molar-refractivity contribution in [2.24, 2.45) is 0 Å². The minimum absolute atomic E-state index is 0. The van der Waals surface area contributed by atoms with Crippen molar-refractivity contribution >= 4 is 5.97 Å². The molecule has 0 amide bonds. The molecule has 4 aromatic carbocycles. The van der Waals surface area contributed by atoms with Gasteiger partial charge in [-0.1, -0.05) is 102 Å². The predicted octanol–water partition coefficient (Wildman–Crippen LogP) is 8.60. The zero-order valence-electron chi connectivity index (χ0n) is 24.0. The van der Waals surface area contributed by atoms with Crippen molar-refractivity contribution in [2.75, 3.05) is 0 Å². The second kappa shape index (κ2) is 14.6. The van der Waals surface area contributed by atoms with Gasteiger partial charge >= 0.3 is 5.97 Å². The predicted molar refractivity (Wildman–Crippen MR) is 170 cm³/mol. The average Bonchev–Trinajstić information content (AvgIpc) is 3.09. The summed E-state index contributed by atoms with van der Waals surface area (Å²) < 4.78 is 0. The summed E-state index contributed by atoms with van der Waals surface area (Å²) in [6.45, 7) is 0. The van der Waals surface area contributed by atoms with Gasteiger partial charge in [0.2, 0.25) is 0 Å². The second-order valence-corrected chi connectivity index (χ2v) is 10.3. The molecule has 6 heteroatoms. The minimum Gasteiger partial charge on any atom is -0.477 e. The van der Waals surface area contributed by atoms with Gasteiger partial charge < -0.3 is 5.11 Å². The van der Waals surface area contributed by atoms with Crippen LogP contribution in [0.4, 0.5) is 0 Å². The van der Waals surface area contributed by atoms with Crippen LogP contribution in [0.3, 0.4) is 0 Å². The Morgan fingerprint density at radius 1 is 0.591 bits per heavy atom. The van der Waals surface area contributed by atoms with Crippen LogP contribution < -0.4 is 0 Å². The Labute approximate surface area is 271 Å². The monoisotopic (exact) mass is 753 g/mol. The van der Waals surface area contributed by atoms with Crippen molar-refractivity contribution in [1.29, 1.82) is 0 Å². The van der Waals surface area contributed by atoms with Gasteiger partial charge in [-0.25, -0.2) is 9.78 Å². The van der Waals surface area contributed by atoms with Gasteiger partial charge in [-0.05, 0) is 54.5 Å². The van der Waals surface area contributed by atoms with Crippen LogP contribution in [-0.4, -0.2) is 26.0 Å². The molecule has 2 aromatic heterocycles. The number of carbonyl (C=O) groups is 1. The molecule has 0 unspecified atom stereocenters. The Morgan fingerprint density at radius 3 is 1.64 bits per heavy atom. The van der Waals surface area contributed by atoms with E-state index in [2.05, 4.69) is 102 Å². The Kier molecular flexibility index (Phi) is 10.2. The maximum atomic E-state index is 10.1. The van der Waals surface area contributed by atoms with Crippen LogP contribution >= 0.6 is 0 Å². The number of nitrogens with zero attached hydrogens (tertiary/aromatic N) is 3. The SMILES string of the molecule is O=C(O)c1ccccn1.[Ir].[c-]1cc(-c2ccccc2)ccc1-c1nc2c(nc1-c1ccc(-c3ccccc3)cc1)CCCC2. The Morgan fingerprint density at radius 2 is 1.11 bits per heavy atom. The summed E-state index contributed by atoms with van der Waals surface area (Å²) in [7, 11) is 0. The smallest absolute Gasteiger partial charge is 0.354 e. The molecule has 44 heavy (non-hydrogen) atoms. The number of carboxylic acids is 1. The Bertz CT molecular complexity index is 1700. The van der Waals surface area contributed by atoms with Gasteiger partial charge in [0.25, 0.3) is 0 Å². The van der Waals surface area contributed by atoms with Crippen LogP contribution in [0.1, 0.15) is 34.7 Å². The van der Waals surface area contributed by atoms with Crippen molar-refractivity contribution in [1.82, 2.24) is 15.0 Å². The molecule has 2 heterocycles. The number of carboxylic acid groups (broad SMARTS) is 1. The molecule has 0 aliphatic heterocycles. The number of fused-ring (bicyclic) bond motifs is 1. The Balaban J connectivity index is 0.000000333. The molecule has 0 bridgehead atoms. The first kappa shape index (κ1) is 30.7. The van der Waals surface area contributed by atoms with Gasteiger partial charge in [0, 0.05) is 32.0 Å². The first-order valence-corrected chi connectivity index (χ1v) is 14.4. The van der Waals surface area contributed by atoms with Crippen LogP contribution in [0.25, 0.3) is 44.8 Å². The maximum Gasteiger partial charge on any atom is 0.354 e. The normalized spacial score (nSPS) is 11.7. The van der Waals surface area contributed by atoms with E-state index in [0.717, 1.165) is 52.3 Å². The first-order valence-electron chi connectivity index (χ1n) is 14.4. The molecule has 0 saturated heterocycles. The molecule has 219 valence electrons. The van der Waals surface area contributed by atoms with Crippen molar-refractivity contribution in [3.63, 3.8) is 0 Å². The van der Waals surface area contributed by atoms with Crippen LogP contribution in [0.2, 0.25) is 0 Å². The van der Waals surface area contributed by atoms with Crippen LogP contribution in [0.15, 0.2) is 128 Å². The van der Waals surface area contributed by atoms with E-state index in [0.29, 0.717) is 0 Å². The second-order valence-electron chi connectivity index (χ2n) is 10.3. The summed E-state index contributed by atoms with van der Waals surface area (Å²) >= 11 is 0. The number of rotatable bonds is 5. The molecule has 7 rings (SSSR count). The van der Waals surface area contributed by atoms with E-state index in [4.69, 9.17) is 15.1 Å². The average molecular weight is 753 g/mol. The van der Waals surface area contributed by atoms with Crippen LogP contribution in [0, 0.1) is 6.07 Å². The summed E-state index contributed by atoms with van der Waals surface area (Å²) in [5.41, 5.74) is 11.1. The third-order valence-electron chi connectivity index (χ3n) is 7.45. The number of aryl methyl sites for hydroxylation is 2. The van der Waals surface area contributed by atoms with Crippen molar-refractivity contribution < 1.29 is 30.0 Å². The molecule has 0 saturated carbocycles. The van der Waals surface area contributed by atoms with Gasteiger partial charge in [-0.3, -0.25) is 9.97 Å². The van der Waals surface area contributed by atoms with Gasteiger partial charge in [0.15, 0.2) is 0 Å². The van der Waals surface area contributed by atoms with Crippen LogP contribution in [0.5, 0.6) is 0 Å². The quantitative estimate of drug-likeness (QED) is 0.179. The van der Waals surface area contributed by atoms with Gasteiger partial charge in [0.05, 0.1) is 17.1 Å². The van der Waals surface area contributed by atoms with Crippen LogP contribution in [-0.2, 0) is 32.9 Å². The largest absolute Gasteiger partial charge is 0.477 e. The van der Waals surface area contributed by atoms with Crippen molar-refractivity contribution in [3.05, 3.63) is 151 Å². The zero-order chi connectivity index (χ0) is 29.4. The number of aromatic carboxylic acids is 1. The van der Waals surface area contributed by atoms with E-state index in [9.17, 15) is 4.79 Å². The van der Waals surface area contributed by atoms with Gasteiger partial charge in [-0.15, -0.1) is 29.8 Å². The van der Waals surface area contributed by atoms with E-state index in [-0.39, 0.29) is 25.8 Å². The van der Waals surface area contributed by atoms with Gasteiger partial charge in [-0.2, -0.15) is 0 Å². The summed E-state index contributed by atoms with van der Waals surface area (Å²) in [4.78, 5) is 24.0. The minimum atomic E-state index is -0.990. The van der Waals surface area contributed by atoms with Crippen molar-refractivity contribution in [3.8, 4) is 44.8 Å². The molecule has 5 nitrogen and oxygen atoms in total. The third kappa shape index (κ3) is 7.23. The summed E-state index contributed by atoms with van der Waals surface area (Å²) in [5.74, 6) is -0.990. The molecule has 0 spiro atoms. The number of aromatic nitrogens is 3. The fourth-order valence-electron chi connectivity index (χ4n) is 5.20. The molecular weight excluding hydrogens is 723 g/mol. The van der Waals surface area contributed by atoms with Gasteiger partial charge in [0.1, 0.15) is 5.69 Å². The molecule has 1 aliphatic rings. The number of hydrogen-bond donors (Lipinski definition) is 1. The van der Waals surface area contributed by atoms with E-state index < -0.39 is 5.97 Å². The topological polar surface area (TPSA) is 76.0 Å². The number of hydrogen-bond acceptors (Lipinski definition) is 4. The summed E-state index contributed by atoms with van der Waals surface area (Å²) in [6.07, 6.45) is 5.83. The van der Waals surface area contributed by atoms with Crippen molar-refractivity contribution in [2.45, 2.75) is 25.7 Å². The van der Waals surface area contributed by atoms with E-state index >= 15 is 0 Å². The molecule has 6 aromatic rings. The zero-order valence-corrected chi connectivity index (χ0v) is 26.4. The molecular formula is C38H30IrN3O2-. The Hall–Kier alpha value is -4.77. The molecule has 1 radical (unpaired) electrons. The van der Waals surface area contributed by atoms with E-state index in [1.54, 1.807) is 12.1 Å². The summed E-state index contributed by atoms with van der Waals surface area (Å²) in [5, 5.41) is 8.32. The maximum absolute atomic E-state index is 10.1. The number of benzene rings is 4. The molecule has 0 fully saturated rings. The molecule has 0 atom stereocenters. The third-order valence-corrected chi connectivity index (χ3v) is 7.45. The van der Waals surface area contributed by atoms with E-state index in [1.807, 2.05) is 12.1 Å². The fourth-order valence-corrected chi connectivity index (χ4v) is 5.20. The number of pyridine rings is 1. The first-order chi connectivity index (χ1) is 21.2. The molecule has 1 aliphatic carbocycles.